The lowest BCUT2D eigenvalue weighted by Gasteiger charge is -2.21. The maximum absolute atomic E-state index is 12.9. The maximum Gasteiger partial charge on any atom is 0.326 e. The number of aliphatic carboxylic acids is 1. The number of amides is 4. The molecular formula is C23H32N6O6. The number of carboxylic acids is 1. The second-order valence-electron chi connectivity index (χ2n) is 8.71. The first-order chi connectivity index (χ1) is 16.5. The summed E-state index contributed by atoms with van der Waals surface area (Å²) in [5, 5.41) is 17.2. The molecule has 12 heteroatoms. The van der Waals surface area contributed by atoms with Crippen molar-refractivity contribution in [1.82, 2.24) is 20.9 Å². The molecule has 9 N–H and O–H groups in total. The molecule has 2 aromatic rings. The topological polar surface area (TPSA) is 209 Å². The normalized spacial score (nSPS) is 13.6. The van der Waals surface area contributed by atoms with Crippen molar-refractivity contribution in [2.45, 2.75) is 51.2 Å². The fourth-order valence-electron chi connectivity index (χ4n) is 3.56. The third kappa shape index (κ3) is 8.41. The van der Waals surface area contributed by atoms with Crippen LogP contribution in [0, 0.1) is 5.92 Å². The van der Waals surface area contributed by atoms with Crippen LogP contribution in [0.15, 0.2) is 30.5 Å². The van der Waals surface area contributed by atoms with Crippen LogP contribution < -0.4 is 27.4 Å². The van der Waals surface area contributed by atoms with Crippen molar-refractivity contribution >= 4 is 40.5 Å². The van der Waals surface area contributed by atoms with Gasteiger partial charge in [-0.25, -0.2) is 4.79 Å². The number of primary amides is 1. The van der Waals surface area contributed by atoms with Gasteiger partial charge >= 0.3 is 5.97 Å². The highest BCUT2D eigenvalue weighted by Crippen LogP contribution is 2.19. The van der Waals surface area contributed by atoms with Crippen molar-refractivity contribution in [2.75, 3.05) is 6.54 Å². The quantitative estimate of drug-likeness (QED) is 0.189. The van der Waals surface area contributed by atoms with Gasteiger partial charge in [-0.3, -0.25) is 19.2 Å². The maximum atomic E-state index is 12.9. The van der Waals surface area contributed by atoms with E-state index in [1.54, 1.807) is 6.20 Å². The molecule has 2 rings (SSSR count). The van der Waals surface area contributed by atoms with Crippen molar-refractivity contribution in [3.8, 4) is 0 Å². The third-order valence-corrected chi connectivity index (χ3v) is 5.26. The molecule has 190 valence electrons. The zero-order chi connectivity index (χ0) is 26.1. The van der Waals surface area contributed by atoms with Crippen molar-refractivity contribution < 1.29 is 29.1 Å². The first-order valence-corrected chi connectivity index (χ1v) is 11.2. The third-order valence-electron chi connectivity index (χ3n) is 5.26. The number of nitrogens with two attached hydrogens (primary N) is 2. The smallest absolute Gasteiger partial charge is 0.326 e. The van der Waals surface area contributed by atoms with Crippen LogP contribution in [0.2, 0.25) is 0 Å². The van der Waals surface area contributed by atoms with Crippen LogP contribution in [0.5, 0.6) is 0 Å². The molecular weight excluding hydrogens is 456 g/mol. The summed E-state index contributed by atoms with van der Waals surface area (Å²) in [6.45, 7) is 3.27. The van der Waals surface area contributed by atoms with E-state index in [9.17, 15) is 24.0 Å². The molecule has 0 aliphatic carbocycles. The summed E-state index contributed by atoms with van der Waals surface area (Å²) >= 11 is 0. The Kier molecular flexibility index (Phi) is 9.76. The van der Waals surface area contributed by atoms with Gasteiger partial charge in [0.15, 0.2) is 0 Å². The van der Waals surface area contributed by atoms with Gasteiger partial charge in [-0.2, -0.15) is 0 Å². The lowest BCUT2D eigenvalue weighted by molar-refractivity contribution is -0.143. The molecule has 0 spiro atoms. The van der Waals surface area contributed by atoms with Crippen LogP contribution in [0.3, 0.4) is 0 Å². The van der Waals surface area contributed by atoms with Crippen molar-refractivity contribution in [3.05, 3.63) is 36.0 Å². The van der Waals surface area contributed by atoms with E-state index >= 15 is 0 Å². The van der Waals surface area contributed by atoms with E-state index in [2.05, 4.69) is 20.9 Å². The number of H-pyrrole nitrogens is 1. The van der Waals surface area contributed by atoms with Crippen LogP contribution >= 0.6 is 0 Å². The van der Waals surface area contributed by atoms with E-state index in [1.807, 2.05) is 38.1 Å². The number of rotatable bonds is 13. The zero-order valence-electron chi connectivity index (χ0n) is 19.7. The Labute approximate surface area is 202 Å². The Bertz CT molecular complexity index is 1080. The Morgan fingerprint density at radius 2 is 1.71 bits per heavy atom. The minimum absolute atomic E-state index is 0.122. The monoisotopic (exact) mass is 488 g/mol. The van der Waals surface area contributed by atoms with Gasteiger partial charge < -0.3 is 37.5 Å². The first-order valence-electron chi connectivity index (χ1n) is 11.2. The number of fused-ring (bicyclic) bond motifs is 1. The van der Waals surface area contributed by atoms with E-state index < -0.39 is 60.7 Å². The molecule has 0 saturated heterocycles. The second kappa shape index (κ2) is 12.5. The average Bonchev–Trinajstić information content (AvgIpc) is 3.18. The number of benzene rings is 1. The summed E-state index contributed by atoms with van der Waals surface area (Å²) < 4.78 is 0. The first kappa shape index (κ1) is 27.3. The molecule has 1 aromatic heterocycles. The van der Waals surface area contributed by atoms with Gasteiger partial charge in [-0.15, -0.1) is 0 Å². The van der Waals surface area contributed by atoms with Crippen molar-refractivity contribution in [2.24, 2.45) is 17.4 Å². The standard InChI is InChI=1S/C23H32N6O6/c1-12(2)7-15(24)21(32)29-17(8-13-10-26-16-6-4-3-5-14(13)16)22(33)27-11-20(31)28-18(23(34)35)9-19(25)30/h3-6,10,12,15,17-18,26H,7-9,11,24H2,1-2H3,(H2,25,30)(H,27,33)(H,28,31)(H,29,32)(H,34,35). The molecule has 0 saturated carbocycles. The van der Waals surface area contributed by atoms with Gasteiger partial charge in [0.1, 0.15) is 12.1 Å². The van der Waals surface area contributed by atoms with Crippen LogP contribution in [0.1, 0.15) is 32.3 Å². The number of carbonyl (C=O) groups excluding carboxylic acids is 4. The fraction of sp³-hybridized carbons (Fsp3) is 0.435. The highest BCUT2D eigenvalue weighted by molar-refractivity contribution is 5.94. The SMILES string of the molecule is CC(C)CC(N)C(=O)NC(Cc1c[nH]c2ccccc12)C(=O)NCC(=O)NC(CC(N)=O)C(=O)O. The minimum Gasteiger partial charge on any atom is -0.480 e. The molecule has 1 aromatic carbocycles. The van der Waals surface area contributed by atoms with Gasteiger partial charge in [-0.1, -0.05) is 32.0 Å². The molecule has 3 unspecified atom stereocenters. The molecule has 35 heavy (non-hydrogen) atoms. The molecule has 0 fully saturated rings. The largest absolute Gasteiger partial charge is 0.480 e. The molecule has 0 radical (unpaired) electrons. The predicted octanol–water partition coefficient (Wildman–Crippen LogP) is -0.870. The van der Waals surface area contributed by atoms with Gasteiger partial charge in [0.25, 0.3) is 0 Å². The second-order valence-corrected chi connectivity index (χ2v) is 8.71. The van der Waals surface area contributed by atoms with Crippen LogP contribution in [0.25, 0.3) is 10.9 Å². The van der Waals surface area contributed by atoms with Gasteiger partial charge in [0, 0.05) is 23.5 Å². The van der Waals surface area contributed by atoms with Crippen molar-refractivity contribution in [3.63, 3.8) is 0 Å². The van der Waals surface area contributed by atoms with E-state index in [1.165, 1.54) is 0 Å². The number of carboxylic acid groups (broad SMARTS) is 1. The lowest BCUT2D eigenvalue weighted by atomic mass is 10.0. The summed E-state index contributed by atoms with van der Waals surface area (Å²) in [5.74, 6) is -4.16. The zero-order valence-corrected chi connectivity index (χ0v) is 19.7. The van der Waals surface area contributed by atoms with Gasteiger partial charge in [-0.05, 0) is 24.0 Å². The molecule has 0 bridgehead atoms. The van der Waals surface area contributed by atoms with E-state index in [0.29, 0.717) is 6.42 Å². The molecule has 0 aliphatic rings. The van der Waals surface area contributed by atoms with Crippen molar-refractivity contribution in [1.29, 1.82) is 0 Å². The van der Waals surface area contributed by atoms with Crippen LogP contribution in [0.4, 0.5) is 0 Å². The van der Waals surface area contributed by atoms with Crippen LogP contribution in [-0.2, 0) is 30.4 Å². The summed E-state index contributed by atoms with van der Waals surface area (Å²) in [4.78, 5) is 63.0. The summed E-state index contributed by atoms with van der Waals surface area (Å²) in [6.07, 6.45) is 1.68. The van der Waals surface area contributed by atoms with E-state index in [0.717, 1.165) is 16.5 Å². The number of nitrogens with one attached hydrogen (secondary N) is 4. The molecule has 4 amide bonds. The number of carbonyl (C=O) groups is 5. The number of hydrogen-bond acceptors (Lipinski definition) is 6. The molecule has 1 heterocycles. The van der Waals surface area contributed by atoms with E-state index in [-0.39, 0.29) is 12.3 Å². The van der Waals surface area contributed by atoms with E-state index in [4.69, 9.17) is 16.6 Å². The van der Waals surface area contributed by atoms with Crippen LogP contribution in [-0.4, -0.2) is 64.4 Å². The molecule has 12 nitrogen and oxygen atoms in total. The Morgan fingerprint density at radius 3 is 2.34 bits per heavy atom. The Balaban J connectivity index is 2.11. The van der Waals surface area contributed by atoms with Gasteiger partial charge in [0.2, 0.25) is 23.6 Å². The lowest BCUT2D eigenvalue weighted by Crippen LogP contribution is -2.54. The number of hydrogen-bond donors (Lipinski definition) is 7. The number of aromatic nitrogens is 1. The Morgan fingerprint density at radius 1 is 1.03 bits per heavy atom. The Hall–Kier alpha value is -3.93. The number of para-hydroxylation sites is 1. The minimum atomic E-state index is -1.52. The highest BCUT2D eigenvalue weighted by Gasteiger charge is 2.27. The highest BCUT2D eigenvalue weighted by atomic mass is 16.4. The summed E-state index contributed by atoms with van der Waals surface area (Å²) in [5.41, 5.74) is 12.6. The molecule has 0 aliphatic heterocycles. The average molecular weight is 489 g/mol. The molecule has 3 atom stereocenters. The number of aromatic amines is 1. The fourth-order valence-corrected chi connectivity index (χ4v) is 3.56. The van der Waals surface area contributed by atoms with Gasteiger partial charge in [0.05, 0.1) is 19.0 Å². The predicted molar refractivity (Wildman–Crippen MR) is 128 cm³/mol. The summed E-state index contributed by atoms with van der Waals surface area (Å²) in [6, 6.07) is 4.08. The summed E-state index contributed by atoms with van der Waals surface area (Å²) in [7, 11) is 0.